The van der Waals surface area contributed by atoms with Gasteiger partial charge in [-0.15, -0.1) is 0 Å². The Labute approximate surface area is 110 Å². The molecule has 1 aliphatic rings. The Morgan fingerprint density at radius 2 is 2.00 bits per heavy atom. The standard InChI is InChI=1S/C16H23NO/c1-4-17-10-8-14(9-11-17)16-7-5-6-15(12(16)2)13(3)18/h5-7,14H,4,8-11H2,1-3H3. The molecule has 0 aliphatic carbocycles. The van der Waals surface area contributed by atoms with Gasteiger partial charge < -0.3 is 4.90 Å². The van der Waals surface area contributed by atoms with Gasteiger partial charge in [-0.05, 0) is 63.4 Å². The molecule has 1 aromatic rings. The van der Waals surface area contributed by atoms with Gasteiger partial charge in [0.1, 0.15) is 0 Å². The van der Waals surface area contributed by atoms with Crippen LogP contribution in [0, 0.1) is 6.92 Å². The molecule has 18 heavy (non-hydrogen) atoms. The van der Waals surface area contributed by atoms with Gasteiger partial charge in [-0.1, -0.05) is 25.1 Å². The summed E-state index contributed by atoms with van der Waals surface area (Å²) in [6.45, 7) is 9.50. The van der Waals surface area contributed by atoms with Gasteiger partial charge in [-0.2, -0.15) is 0 Å². The van der Waals surface area contributed by atoms with E-state index in [1.807, 2.05) is 12.1 Å². The highest BCUT2D eigenvalue weighted by Gasteiger charge is 2.22. The first-order valence-electron chi connectivity index (χ1n) is 6.96. The van der Waals surface area contributed by atoms with Gasteiger partial charge >= 0.3 is 0 Å². The summed E-state index contributed by atoms with van der Waals surface area (Å²) in [6, 6.07) is 6.18. The Kier molecular flexibility index (Phi) is 4.18. The van der Waals surface area contributed by atoms with Crippen LogP contribution in [-0.4, -0.2) is 30.3 Å². The van der Waals surface area contributed by atoms with E-state index in [2.05, 4.69) is 24.8 Å². The fourth-order valence-electron chi connectivity index (χ4n) is 3.04. The van der Waals surface area contributed by atoms with Gasteiger partial charge in [0.05, 0.1) is 0 Å². The lowest BCUT2D eigenvalue weighted by Crippen LogP contribution is -2.32. The Morgan fingerprint density at radius 1 is 1.33 bits per heavy atom. The molecule has 0 aromatic heterocycles. The van der Waals surface area contributed by atoms with Gasteiger partial charge in [0.2, 0.25) is 0 Å². The van der Waals surface area contributed by atoms with Crippen LogP contribution in [0.3, 0.4) is 0 Å². The first-order valence-corrected chi connectivity index (χ1v) is 6.96. The number of benzene rings is 1. The van der Waals surface area contributed by atoms with Crippen molar-refractivity contribution in [1.29, 1.82) is 0 Å². The zero-order chi connectivity index (χ0) is 13.1. The first kappa shape index (κ1) is 13.3. The van der Waals surface area contributed by atoms with E-state index in [0.29, 0.717) is 5.92 Å². The van der Waals surface area contributed by atoms with Crippen molar-refractivity contribution in [3.05, 3.63) is 34.9 Å². The number of carbonyl (C=O) groups excluding carboxylic acids is 1. The molecular formula is C16H23NO. The molecule has 1 aromatic carbocycles. The number of piperidine rings is 1. The van der Waals surface area contributed by atoms with Gasteiger partial charge in [-0.3, -0.25) is 4.79 Å². The molecule has 0 unspecified atom stereocenters. The maximum absolute atomic E-state index is 11.6. The van der Waals surface area contributed by atoms with E-state index in [-0.39, 0.29) is 5.78 Å². The van der Waals surface area contributed by atoms with Crippen molar-refractivity contribution >= 4 is 5.78 Å². The van der Waals surface area contributed by atoms with E-state index in [4.69, 9.17) is 0 Å². The zero-order valence-electron chi connectivity index (χ0n) is 11.7. The van der Waals surface area contributed by atoms with Crippen LogP contribution < -0.4 is 0 Å². The van der Waals surface area contributed by atoms with E-state index in [1.165, 1.54) is 37.1 Å². The van der Waals surface area contributed by atoms with Gasteiger partial charge in [0.25, 0.3) is 0 Å². The van der Waals surface area contributed by atoms with Crippen molar-refractivity contribution in [2.75, 3.05) is 19.6 Å². The predicted molar refractivity (Wildman–Crippen MR) is 75.3 cm³/mol. The third kappa shape index (κ3) is 2.64. The Morgan fingerprint density at radius 3 is 2.56 bits per heavy atom. The summed E-state index contributed by atoms with van der Waals surface area (Å²) in [5, 5.41) is 0. The normalized spacial score (nSPS) is 17.9. The van der Waals surface area contributed by atoms with E-state index >= 15 is 0 Å². The monoisotopic (exact) mass is 245 g/mol. The highest BCUT2D eigenvalue weighted by Crippen LogP contribution is 2.31. The topological polar surface area (TPSA) is 20.3 Å². The maximum atomic E-state index is 11.6. The minimum Gasteiger partial charge on any atom is -0.304 e. The highest BCUT2D eigenvalue weighted by atomic mass is 16.1. The zero-order valence-corrected chi connectivity index (χ0v) is 11.7. The van der Waals surface area contributed by atoms with Gasteiger partial charge in [0.15, 0.2) is 5.78 Å². The van der Waals surface area contributed by atoms with E-state index in [9.17, 15) is 4.79 Å². The molecule has 1 fully saturated rings. The van der Waals surface area contributed by atoms with Crippen LogP contribution in [0.1, 0.15) is 54.1 Å². The lowest BCUT2D eigenvalue weighted by molar-refractivity contribution is 0.101. The van der Waals surface area contributed by atoms with Crippen LogP contribution in [0.25, 0.3) is 0 Å². The number of hydrogen-bond donors (Lipinski definition) is 0. The van der Waals surface area contributed by atoms with Crippen molar-refractivity contribution in [1.82, 2.24) is 4.90 Å². The number of Topliss-reactive ketones (excluding diaryl/α,β-unsaturated/α-hetero) is 1. The fourth-order valence-corrected chi connectivity index (χ4v) is 3.04. The molecule has 1 saturated heterocycles. The summed E-state index contributed by atoms with van der Waals surface area (Å²) in [6.07, 6.45) is 2.44. The van der Waals surface area contributed by atoms with Crippen molar-refractivity contribution in [3.63, 3.8) is 0 Å². The molecule has 0 N–H and O–H groups in total. The molecule has 0 bridgehead atoms. The van der Waals surface area contributed by atoms with E-state index in [1.54, 1.807) is 6.92 Å². The van der Waals surface area contributed by atoms with Crippen molar-refractivity contribution < 1.29 is 4.79 Å². The van der Waals surface area contributed by atoms with Crippen LogP contribution in [0.15, 0.2) is 18.2 Å². The van der Waals surface area contributed by atoms with Gasteiger partial charge in [-0.25, -0.2) is 0 Å². The van der Waals surface area contributed by atoms with Gasteiger partial charge in [0, 0.05) is 5.56 Å². The number of nitrogens with zero attached hydrogens (tertiary/aromatic N) is 1. The molecule has 1 heterocycles. The van der Waals surface area contributed by atoms with Crippen molar-refractivity contribution in [2.24, 2.45) is 0 Å². The second kappa shape index (κ2) is 5.66. The minimum atomic E-state index is 0.181. The molecule has 0 saturated carbocycles. The second-order valence-electron chi connectivity index (χ2n) is 5.28. The number of likely N-dealkylation sites (tertiary alicyclic amines) is 1. The van der Waals surface area contributed by atoms with Crippen LogP contribution in [-0.2, 0) is 0 Å². The molecule has 1 aliphatic heterocycles. The molecular weight excluding hydrogens is 222 g/mol. The minimum absolute atomic E-state index is 0.181. The summed E-state index contributed by atoms with van der Waals surface area (Å²) in [5.41, 5.74) is 3.48. The summed E-state index contributed by atoms with van der Waals surface area (Å²) in [7, 11) is 0. The number of rotatable bonds is 3. The number of ketones is 1. The van der Waals surface area contributed by atoms with E-state index < -0.39 is 0 Å². The highest BCUT2D eigenvalue weighted by molar-refractivity contribution is 5.95. The largest absolute Gasteiger partial charge is 0.304 e. The number of hydrogen-bond acceptors (Lipinski definition) is 2. The molecule has 98 valence electrons. The summed E-state index contributed by atoms with van der Waals surface area (Å²) < 4.78 is 0. The lowest BCUT2D eigenvalue weighted by Gasteiger charge is -2.32. The predicted octanol–water partition coefficient (Wildman–Crippen LogP) is 3.40. The average Bonchev–Trinajstić information content (AvgIpc) is 2.39. The Hall–Kier alpha value is -1.15. The van der Waals surface area contributed by atoms with Crippen LogP contribution in [0.5, 0.6) is 0 Å². The Bertz CT molecular complexity index is 431. The SMILES string of the molecule is CCN1CCC(c2cccc(C(C)=O)c2C)CC1. The molecule has 2 heteroatoms. The van der Waals surface area contributed by atoms with Crippen LogP contribution in [0.4, 0.5) is 0 Å². The summed E-state index contributed by atoms with van der Waals surface area (Å²) in [4.78, 5) is 14.1. The van der Waals surface area contributed by atoms with Crippen LogP contribution in [0.2, 0.25) is 0 Å². The van der Waals surface area contributed by atoms with Crippen molar-refractivity contribution in [2.45, 2.75) is 39.5 Å². The van der Waals surface area contributed by atoms with E-state index in [0.717, 1.165) is 12.1 Å². The average molecular weight is 245 g/mol. The third-order valence-corrected chi connectivity index (χ3v) is 4.23. The smallest absolute Gasteiger partial charge is 0.160 e. The molecule has 2 nitrogen and oxygen atoms in total. The quantitative estimate of drug-likeness (QED) is 0.761. The molecule has 2 rings (SSSR count). The molecule has 0 spiro atoms. The first-order chi connectivity index (χ1) is 8.63. The lowest BCUT2D eigenvalue weighted by atomic mass is 9.85. The summed E-state index contributed by atoms with van der Waals surface area (Å²) >= 11 is 0. The van der Waals surface area contributed by atoms with Crippen molar-refractivity contribution in [3.8, 4) is 0 Å². The molecule has 0 amide bonds. The Balaban J connectivity index is 2.19. The summed E-state index contributed by atoms with van der Waals surface area (Å²) in [5.74, 6) is 0.812. The molecule has 0 radical (unpaired) electrons. The molecule has 0 atom stereocenters. The number of carbonyl (C=O) groups is 1. The third-order valence-electron chi connectivity index (χ3n) is 4.23. The second-order valence-corrected chi connectivity index (χ2v) is 5.28. The maximum Gasteiger partial charge on any atom is 0.160 e. The van der Waals surface area contributed by atoms with Crippen LogP contribution >= 0.6 is 0 Å². The fraction of sp³-hybridized carbons (Fsp3) is 0.562.